The van der Waals surface area contributed by atoms with E-state index in [4.69, 9.17) is 15.1 Å². The molecule has 1 rings (SSSR count). The molecule has 21 heavy (non-hydrogen) atoms. The van der Waals surface area contributed by atoms with Gasteiger partial charge in [0.25, 0.3) is 0 Å². The topological polar surface area (TPSA) is 56.5 Å². The lowest BCUT2D eigenvalue weighted by atomic mass is 10.1. The minimum atomic E-state index is 0.0112. The van der Waals surface area contributed by atoms with Crippen molar-refractivity contribution in [3.05, 3.63) is 29.3 Å². The van der Waals surface area contributed by atoms with Crippen molar-refractivity contribution in [3.8, 4) is 23.7 Å². The molecule has 4 nitrogen and oxygen atoms in total. The van der Waals surface area contributed by atoms with Gasteiger partial charge in [-0.3, -0.25) is 0 Å². The zero-order valence-electron chi connectivity index (χ0n) is 12.9. The summed E-state index contributed by atoms with van der Waals surface area (Å²) in [6.45, 7) is 3.46. The third-order valence-electron chi connectivity index (χ3n) is 2.98. The summed E-state index contributed by atoms with van der Waals surface area (Å²) in [5.74, 6) is 6.68. The van der Waals surface area contributed by atoms with E-state index in [1.165, 1.54) is 0 Å². The number of benzene rings is 1. The fourth-order valence-corrected chi connectivity index (χ4v) is 2.05. The van der Waals surface area contributed by atoms with Crippen molar-refractivity contribution >= 4 is 0 Å². The molecule has 0 aliphatic heterocycles. The Morgan fingerprint density at radius 3 is 2.81 bits per heavy atom. The van der Waals surface area contributed by atoms with Crippen LogP contribution in [-0.2, 0) is 6.54 Å². The second kappa shape index (κ2) is 9.02. The summed E-state index contributed by atoms with van der Waals surface area (Å²) in [5, 5.41) is 17.6. The van der Waals surface area contributed by atoms with Gasteiger partial charge in [-0.2, -0.15) is 5.26 Å². The van der Waals surface area contributed by atoms with Crippen LogP contribution in [0.4, 0.5) is 0 Å². The summed E-state index contributed by atoms with van der Waals surface area (Å²) in [6.07, 6.45) is 0.451. The molecular formula is C17H22N2O2. The zero-order chi connectivity index (χ0) is 15.7. The standard InChI is InChI=1S/C17H22N2O2/c1-14(11-18)12-19(2)13-15-7-8-17(21-3)16(10-15)6-4-5-9-20/h7-8,10,14,20H,5,9,12-13H2,1-3H3. The van der Waals surface area contributed by atoms with Crippen LogP contribution < -0.4 is 4.74 Å². The first-order valence-corrected chi connectivity index (χ1v) is 6.95. The molecule has 1 aromatic rings. The van der Waals surface area contributed by atoms with Crippen molar-refractivity contribution in [1.82, 2.24) is 4.90 Å². The number of methoxy groups -OCH3 is 1. The maximum atomic E-state index is 8.85. The van der Waals surface area contributed by atoms with Crippen LogP contribution in [0.1, 0.15) is 24.5 Å². The highest BCUT2D eigenvalue weighted by Gasteiger charge is 2.08. The van der Waals surface area contributed by atoms with E-state index >= 15 is 0 Å². The number of nitrogens with zero attached hydrogens (tertiary/aromatic N) is 2. The molecule has 112 valence electrons. The van der Waals surface area contributed by atoms with E-state index in [9.17, 15) is 0 Å². The molecule has 0 saturated heterocycles. The molecule has 0 spiro atoms. The quantitative estimate of drug-likeness (QED) is 0.813. The molecule has 1 unspecified atom stereocenters. The van der Waals surface area contributed by atoms with E-state index in [-0.39, 0.29) is 12.5 Å². The highest BCUT2D eigenvalue weighted by Crippen LogP contribution is 2.20. The van der Waals surface area contributed by atoms with Gasteiger partial charge in [0.2, 0.25) is 0 Å². The predicted molar refractivity (Wildman–Crippen MR) is 82.7 cm³/mol. The molecule has 0 heterocycles. The van der Waals surface area contributed by atoms with Gasteiger partial charge < -0.3 is 14.7 Å². The average Bonchev–Trinajstić information content (AvgIpc) is 2.47. The third kappa shape index (κ3) is 5.87. The van der Waals surface area contributed by atoms with E-state index in [0.717, 1.165) is 30.0 Å². The Morgan fingerprint density at radius 2 is 2.19 bits per heavy atom. The van der Waals surface area contributed by atoms with Gasteiger partial charge in [-0.1, -0.05) is 17.9 Å². The second-order valence-corrected chi connectivity index (χ2v) is 5.04. The molecule has 0 aliphatic rings. The summed E-state index contributed by atoms with van der Waals surface area (Å²) in [5.41, 5.74) is 1.95. The van der Waals surface area contributed by atoms with Crippen LogP contribution in [0.5, 0.6) is 5.75 Å². The molecule has 0 aromatic heterocycles. The molecule has 1 atom stereocenters. The van der Waals surface area contributed by atoms with Gasteiger partial charge >= 0.3 is 0 Å². The molecular weight excluding hydrogens is 264 g/mol. The van der Waals surface area contributed by atoms with Gasteiger partial charge in [0.1, 0.15) is 5.75 Å². The fourth-order valence-electron chi connectivity index (χ4n) is 2.05. The first kappa shape index (κ1) is 17.0. The molecule has 1 N–H and O–H groups in total. The molecule has 4 heteroatoms. The van der Waals surface area contributed by atoms with Gasteiger partial charge in [-0.25, -0.2) is 0 Å². The third-order valence-corrected chi connectivity index (χ3v) is 2.98. The fraction of sp³-hybridized carbons (Fsp3) is 0.471. The van der Waals surface area contributed by atoms with Gasteiger partial charge in [-0.05, 0) is 31.7 Å². The number of aliphatic hydroxyl groups is 1. The van der Waals surface area contributed by atoms with Crippen LogP contribution in [0.15, 0.2) is 18.2 Å². The monoisotopic (exact) mass is 286 g/mol. The Kier molecular flexibility index (Phi) is 7.32. The van der Waals surface area contributed by atoms with E-state index in [1.54, 1.807) is 7.11 Å². The summed E-state index contributed by atoms with van der Waals surface area (Å²) in [4.78, 5) is 2.11. The highest BCUT2D eigenvalue weighted by atomic mass is 16.5. The second-order valence-electron chi connectivity index (χ2n) is 5.04. The number of ether oxygens (including phenoxy) is 1. The Balaban J connectivity index is 2.83. The van der Waals surface area contributed by atoms with Gasteiger partial charge in [0.15, 0.2) is 0 Å². The van der Waals surface area contributed by atoms with Crippen molar-refractivity contribution in [1.29, 1.82) is 5.26 Å². The average molecular weight is 286 g/mol. The van der Waals surface area contributed by atoms with E-state index < -0.39 is 0 Å². The predicted octanol–water partition coefficient (Wildman–Crippen LogP) is 2.02. The summed E-state index contributed by atoms with van der Waals surface area (Å²) in [6, 6.07) is 8.14. The number of nitriles is 1. The van der Waals surface area contributed by atoms with Crippen molar-refractivity contribution in [2.45, 2.75) is 19.9 Å². The lowest BCUT2D eigenvalue weighted by Crippen LogP contribution is -2.23. The number of hydrogen-bond acceptors (Lipinski definition) is 4. The first-order valence-electron chi connectivity index (χ1n) is 6.95. The van der Waals surface area contributed by atoms with Crippen LogP contribution in [0.3, 0.4) is 0 Å². The van der Waals surface area contributed by atoms with Crippen LogP contribution in [0.25, 0.3) is 0 Å². The molecule has 0 amide bonds. The van der Waals surface area contributed by atoms with Gasteiger partial charge in [-0.15, -0.1) is 0 Å². The number of rotatable bonds is 6. The normalized spacial score (nSPS) is 11.4. The van der Waals surface area contributed by atoms with E-state index in [2.05, 4.69) is 22.8 Å². The Bertz CT molecular complexity index is 552. The smallest absolute Gasteiger partial charge is 0.134 e. The maximum Gasteiger partial charge on any atom is 0.134 e. The minimum Gasteiger partial charge on any atom is -0.495 e. The van der Waals surface area contributed by atoms with Crippen LogP contribution in [0.2, 0.25) is 0 Å². The Hall–Kier alpha value is -2.01. The van der Waals surface area contributed by atoms with E-state index in [0.29, 0.717) is 6.42 Å². The minimum absolute atomic E-state index is 0.0112. The van der Waals surface area contributed by atoms with Crippen LogP contribution in [0, 0.1) is 29.1 Å². The summed E-state index contributed by atoms with van der Waals surface area (Å²) in [7, 11) is 3.61. The number of aliphatic hydroxyl groups excluding tert-OH is 1. The SMILES string of the molecule is COc1ccc(CN(C)CC(C)C#N)cc1C#CCCO. The lowest BCUT2D eigenvalue weighted by molar-refractivity contribution is 0.303. The number of hydrogen-bond donors (Lipinski definition) is 1. The summed E-state index contributed by atoms with van der Waals surface area (Å²) < 4.78 is 5.30. The Labute approximate surface area is 127 Å². The first-order chi connectivity index (χ1) is 10.1. The van der Waals surface area contributed by atoms with Crippen molar-refractivity contribution in [2.75, 3.05) is 27.3 Å². The highest BCUT2D eigenvalue weighted by molar-refractivity contribution is 5.48. The molecule has 0 fully saturated rings. The molecule has 0 bridgehead atoms. The molecule has 1 aromatic carbocycles. The van der Waals surface area contributed by atoms with Crippen molar-refractivity contribution in [3.63, 3.8) is 0 Å². The summed E-state index contributed by atoms with van der Waals surface area (Å²) >= 11 is 0. The largest absolute Gasteiger partial charge is 0.495 e. The van der Waals surface area contributed by atoms with Crippen molar-refractivity contribution in [2.24, 2.45) is 5.92 Å². The van der Waals surface area contributed by atoms with Crippen LogP contribution >= 0.6 is 0 Å². The maximum absolute atomic E-state index is 8.85. The van der Waals surface area contributed by atoms with E-state index in [1.807, 2.05) is 32.2 Å². The van der Waals surface area contributed by atoms with Gasteiger partial charge in [0.05, 0.1) is 31.3 Å². The Morgan fingerprint density at radius 1 is 1.43 bits per heavy atom. The van der Waals surface area contributed by atoms with Gasteiger partial charge in [0, 0.05) is 19.5 Å². The van der Waals surface area contributed by atoms with Crippen LogP contribution in [-0.4, -0.2) is 37.3 Å². The lowest BCUT2D eigenvalue weighted by Gasteiger charge is -2.18. The zero-order valence-corrected chi connectivity index (χ0v) is 12.9. The molecule has 0 saturated carbocycles. The van der Waals surface area contributed by atoms with Crippen molar-refractivity contribution < 1.29 is 9.84 Å². The molecule has 0 radical (unpaired) electrons. The molecule has 0 aliphatic carbocycles.